The van der Waals surface area contributed by atoms with Gasteiger partial charge in [0.05, 0.1) is 25.4 Å². The number of aliphatic hydroxyl groups is 2. The van der Waals surface area contributed by atoms with E-state index >= 15 is 0 Å². The van der Waals surface area contributed by atoms with Gasteiger partial charge in [-0.1, -0.05) is 295 Å². The molecular formula is C63H121NO5. The fourth-order valence-corrected chi connectivity index (χ4v) is 9.69. The van der Waals surface area contributed by atoms with Crippen molar-refractivity contribution in [2.75, 3.05) is 13.2 Å². The predicted molar refractivity (Wildman–Crippen MR) is 301 cm³/mol. The van der Waals surface area contributed by atoms with Crippen molar-refractivity contribution in [2.24, 2.45) is 0 Å². The van der Waals surface area contributed by atoms with Crippen LogP contribution in [0.5, 0.6) is 0 Å². The van der Waals surface area contributed by atoms with Gasteiger partial charge >= 0.3 is 5.97 Å². The van der Waals surface area contributed by atoms with Crippen LogP contribution >= 0.6 is 0 Å². The van der Waals surface area contributed by atoms with Crippen molar-refractivity contribution in [3.63, 3.8) is 0 Å². The maximum Gasteiger partial charge on any atom is 0.305 e. The Bertz CT molecular complexity index is 1080. The lowest BCUT2D eigenvalue weighted by Gasteiger charge is -2.20. The maximum absolute atomic E-state index is 12.5. The number of amides is 1. The topological polar surface area (TPSA) is 95.9 Å². The van der Waals surface area contributed by atoms with Crippen LogP contribution in [0.15, 0.2) is 24.3 Å². The number of esters is 1. The predicted octanol–water partition coefficient (Wildman–Crippen LogP) is 19.4. The Labute approximate surface area is 431 Å². The van der Waals surface area contributed by atoms with Gasteiger partial charge in [0.15, 0.2) is 0 Å². The van der Waals surface area contributed by atoms with Gasteiger partial charge in [-0.25, -0.2) is 0 Å². The number of carbonyl (C=O) groups is 2. The highest BCUT2D eigenvalue weighted by Gasteiger charge is 2.18. The van der Waals surface area contributed by atoms with Gasteiger partial charge < -0.3 is 20.3 Å². The van der Waals surface area contributed by atoms with Crippen molar-refractivity contribution >= 4 is 11.9 Å². The zero-order valence-corrected chi connectivity index (χ0v) is 46.6. The number of unbranched alkanes of at least 4 members (excludes halogenated alkanes) is 45. The van der Waals surface area contributed by atoms with Gasteiger partial charge in [0.2, 0.25) is 5.91 Å². The van der Waals surface area contributed by atoms with Crippen molar-refractivity contribution in [1.82, 2.24) is 5.32 Å². The number of aliphatic hydroxyl groups excluding tert-OH is 2. The van der Waals surface area contributed by atoms with Crippen molar-refractivity contribution in [3.8, 4) is 0 Å². The van der Waals surface area contributed by atoms with Gasteiger partial charge in [-0.3, -0.25) is 9.59 Å². The van der Waals surface area contributed by atoms with Crippen LogP contribution in [0.2, 0.25) is 0 Å². The summed E-state index contributed by atoms with van der Waals surface area (Å²) >= 11 is 0. The molecule has 0 aliphatic heterocycles. The molecule has 0 spiro atoms. The first-order valence-electron chi connectivity index (χ1n) is 31.1. The maximum atomic E-state index is 12.5. The number of carbonyl (C=O) groups excluding carboxylic acids is 2. The van der Waals surface area contributed by atoms with Crippen LogP contribution in [0, 0.1) is 0 Å². The minimum Gasteiger partial charge on any atom is -0.466 e. The average molecular weight is 973 g/mol. The molecule has 0 fully saturated rings. The van der Waals surface area contributed by atoms with Gasteiger partial charge in [0.1, 0.15) is 0 Å². The summed E-state index contributed by atoms with van der Waals surface area (Å²) in [5.41, 5.74) is 0. The minimum atomic E-state index is -0.848. The molecule has 6 heteroatoms. The zero-order chi connectivity index (χ0) is 50.0. The lowest BCUT2D eigenvalue weighted by molar-refractivity contribution is -0.143. The van der Waals surface area contributed by atoms with E-state index in [4.69, 9.17) is 4.74 Å². The average Bonchev–Trinajstić information content (AvgIpc) is 3.35. The minimum absolute atomic E-state index is 0.0135. The van der Waals surface area contributed by atoms with Crippen LogP contribution in [0.3, 0.4) is 0 Å². The van der Waals surface area contributed by atoms with E-state index in [1.165, 1.54) is 270 Å². The molecule has 69 heavy (non-hydrogen) atoms. The van der Waals surface area contributed by atoms with Crippen molar-refractivity contribution in [1.29, 1.82) is 0 Å². The molecule has 2 atom stereocenters. The third kappa shape index (κ3) is 55.5. The van der Waals surface area contributed by atoms with Crippen LogP contribution in [-0.4, -0.2) is 47.4 Å². The molecule has 0 saturated heterocycles. The first-order valence-corrected chi connectivity index (χ1v) is 31.1. The quantitative estimate of drug-likeness (QED) is 0.0321. The molecule has 0 aliphatic carbocycles. The summed E-state index contributed by atoms with van der Waals surface area (Å²) in [6, 6.07) is -0.632. The summed E-state index contributed by atoms with van der Waals surface area (Å²) in [5, 5.41) is 23.1. The molecule has 0 saturated carbocycles. The van der Waals surface area contributed by atoms with Crippen LogP contribution < -0.4 is 5.32 Å². The monoisotopic (exact) mass is 972 g/mol. The lowest BCUT2D eigenvalue weighted by atomic mass is 10.0. The molecule has 6 nitrogen and oxygen atoms in total. The van der Waals surface area contributed by atoms with E-state index in [0.717, 1.165) is 44.9 Å². The summed E-state index contributed by atoms with van der Waals surface area (Å²) in [4.78, 5) is 24.5. The van der Waals surface area contributed by atoms with Crippen LogP contribution in [-0.2, 0) is 14.3 Å². The van der Waals surface area contributed by atoms with E-state index in [0.29, 0.717) is 19.4 Å². The Balaban J connectivity index is 3.42. The molecule has 1 amide bonds. The Morgan fingerprint density at radius 3 is 1.03 bits per heavy atom. The van der Waals surface area contributed by atoms with E-state index in [9.17, 15) is 19.8 Å². The Morgan fingerprint density at radius 2 is 0.681 bits per heavy atom. The molecule has 0 aromatic heterocycles. The normalized spacial score (nSPS) is 12.7. The van der Waals surface area contributed by atoms with E-state index in [1.807, 2.05) is 6.08 Å². The fourth-order valence-electron chi connectivity index (χ4n) is 9.69. The number of allylic oxidation sites excluding steroid dienone is 3. The smallest absolute Gasteiger partial charge is 0.305 e. The number of rotatable bonds is 58. The second-order valence-corrected chi connectivity index (χ2v) is 21.4. The molecule has 0 aromatic rings. The van der Waals surface area contributed by atoms with E-state index < -0.39 is 12.1 Å². The highest BCUT2D eigenvalue weighted by molar-refractivity contribution is 5.76. The number of nitrogens with one attached hydrogen (secondary N) is 1. The van der Waals surface area contributed by atoms with Gasteiger partial charge in [-0.15, -0.1) is 0 Å². The summed E-state index contributed by atoms with van der Waals surface area (Å²) in [7, 11) is 0. The van der Waals surface area contributed by atoms with E-state index in [2.05, 4.69) is 31.3 Å². The molecule has 0 aliphatic rings. The Hall–Kier alpha value is -1.66. The standard InChI is InChI=1S/C63H121NO5/c1-3-5-7-9-11-13-15-17-28-31-35-39-43-47-51-55-61(66)60(59-65)64-62(67)56-52-48-44-40-36-32-29-26-24-22-20-19-21-23-25-27-30-34-38-42-46-50-54-58-69-63(68)57-53-49-45-41-37-33-18-16-14-12-10-8-6-4-2/h22,24,51,55,60-61,65-66H,3-21,23,25-50,52-54,56-59H2,1-2H3,(H,64,67)/b24-22-,55-51+. The highest BCUT2D eigenvalue weighted by Crippen LogP contribution is 2.17. The van der Waals surface area contributed by atoms with E-state index in [-0.39, 0.29) is 18.5 Å². The summed E-state index contributed by atoms with van der Waals surface area (Å²) in [6.07, 6.45) is 72.2. The highest BCUT2D eigenvalue weighted by atomic mass is 16.5. The molecule has 0 aromatic carbocycles. The van der Waals surface area contributed by atoms with E-state index in [1.54, 1.807) is 6.08 Å². The number of ether oxygens (including phenoxy) is 1. The lowest BCUT2D eigenvalue weighted by Crippen LogP contribution is -2.45. The molecule has 0 radical (unpaired) electrons. The molecule has 0 heterocycles. The summed E-state index contributed by atoms with van der Waals surface area (Å²) in [5.74, 6) is -0.0592. The summed E-state index contributed by atoms with van der Waals surface area (Å²) < 4.78 is 5.48. The Kier molecular flexibility index (Phi) is 57.5. The third-order valence-corrected chi connectivity index (χ3v) is 14.5. The fraction of sp³-hybridized carbons (Fsp3) is 0.905. The zero-order valence-electron chi connectivity index (χ0n) is 46.6. The van der Waals surface area contributed by atoms with Crippen molar-refractivity contribution in [2.45, 2.75) is 353 Å². The van der Waals surface area contributed by atoms with Crippen molar-refractivity contribution < 1.29 is 24.5 Å². The molecule has 0 rings (SSSR count). The van der Waals surface area contributed by atoms with Crippen LogP contribution in [0.4, 0.5) is 0 Å². The van der Waals surface area contributed by atoms with Crippen molar-refractivity contribution in [3.05, 3.63) is 24.3 Å². The Morgan fingerprint density at radius 1 is 0.391 bits per heavy atom. The third-order valence-electron chi connectivity index (χ3n) is 14.5. The van der Waals surface area contributed by atoms with Gasteiger partial charge in [-0.2, -0.15) is 0 Å². The molecular weight excluding hydrogens is 851 g/mol. The van der Waals surface area contributed by atoms with Gasteiger partial charge in [0.25, 0.3) is 0 Å². The van der Waals surface area contributed by atoms with Gasteiger partial charge in [-0.05, 0) is 57.8 Å². The summed E-state index contributed by atoms with van der Waals surface area (Å²) in [6.45, 7) is 4.92. The van der Waals surface area contributed by atoms with Crippen LogP contribution in [0.1, 0.15) is 341 Å². The second kappa shape index (κ2) is 58.9. The largest absolute Gasteiger partial charge is 0.466 e. The molecule has 408 valence electrons. The first kappa shape index (κ1) is 67.3. The SMILES string of the molecule is CCCCCCCCCCCCCCC/C=C/C(O)C(CO)NC(=O)CCCCCCCCC/C=C\CCCCCCCCCCCCCCOC(=O)CCCCCCCCCCCCCCCC. The molecule has 3 N–H and O–H groups in total. The number of hydrogen-bond donors (Lipinski definition) is 3. The molecule has 0 bridgehead atoms. The second-order valence-electron chi connectivity index (χ2n) is 21.4. The van der Waals surface area contributed by atoms with Gasteiger partial charge in [0, 0.05) is 12.8 Å². The first-order chi connectivity index (χ1) is 34.0. The number of hydrogen-bond acceptors (Lipinski definition) is 5. The van der Waals surface area contributed by atoms with Crippen LogP contribution in [0.25, 0.3) is 0 Å². The molecule has 2 unspecified atom stereocenters.